The zero-order valence-corrected chi connectivity index (χ0v) is 10.3. The van der Waals surface area contributed by atoms with E-state index in [1.54, 1.807) is 6.07 Å². The topological polar surface area (TPSA) is 78.4 Å². The summed E-state index contributed by atoms with van der Waals surface area (Å²) in [5.74, 6) is -1.55. The third-order valence-corrected chi connectivity index (χ3v) is 2.23. The van der Waals surface area contributed by atoms with Gasteiger partial charge in [0, 0.05) is 11.0 Å². The molecule has 92 valence electrons. The van der Waals surface area contributed by atoms with Gasteiger partial charge < -0.3 is 15.7 Å². The zero-order valence-electron chi connectivity index (χ0n) is 8.67. The first-order valence-electron chi connectivity index (χ1n) is 4.66. The summed E-state index contributed by atoms with van der Waals surface area (Å²) in [6.45, 7) is -0.347. The van der Waals surface area contributed by atoms with Crippen molar-refractivity contribution in [2.24, 2.45) is 0 Å². The predicted molar refractivity (Wildman–Crippen MR) is 62.0 cm³/mol. The third-order valence-electron chi connectivity index (χ3n) is 1.78. The van der Waals surface area contributed by atoms with Gasteiger partial charge in [0.1, 0.15) is 12.4 Å². The highest BCUT2D eigenvalue weighted by Crippen LogP contribution is 2.14. The molecule has 0 saturated carbocycles. The Bertz CT molecular complexity index is 419. The Hall–Kier alpha value is -1.63. The number of hydrogen-bond acceptors (Lipinski definition) is 2. The second kappa shape index (κ2) is 6.19. The van der Waals surface area contributed by atoms with Crippen molar-refractivity contribution in [1.82, 2.24) is 10.6 Å². The van der Waals surface area contributed by atoms with E-state index in [1.807, 2.05) is 0 Å². The zero-order chi connectivity index (χ0) is 12.8. The van der Waals surface area contributed by atoms with Gasteiger partial charge >= 0.3 is 12.0 Å². The number of halogens is 2. The highest BCUT2D eigenvalue weighted by molar-refractivity contribution is 9.10. The van der Waals surface area contributed by atoms with E-state index in [4.69, 9.17) is 5.11 Å². The molecule has 0 unspecified atom stereocenters. The number of carbonyl (C=O) groups excluding carboxylic acids is 1. The summed E-state index contributed by atoms with van der Waals surface area (Å²) < 4.78 is 13.5. The Morgan fingerprint density at radius 1 is 1.29 bits per heavy atom. The van der Waals surface area contributed by atoms with Crippen LogP contribution in [-0.4, -0.2) is 23.7 Å². The number of amides is 2. The lowest BCUT2D eigenvalue weighted by Gasteiger charge is -2.06. The van der Waals surface area contributed by atoms with Crippen LogP contribution < -0.4 is 10.6 Å². The quantitative estimate of drug-likeness (QED) is 0.788. The molecule has 0 fully saturated rings. The Morgan fingerprint density at radius 2 is 2.00 bits per heavy atom. The molecule has 0 radical (unpaired) electrons. The Morgan fingerprint density at radius 3 is 2.59 bits per heavy atom. The molecule has 3 N–H and O–H groups in total. The molecule has 0 bridgehead atoms. The van der Waals surface area contributed by atoms with Gasteiger partial charge in [-0.1, -0.05) is 15.9 Å². The first kappa shape index (κ1) is 13.4. The molecular weight excluding hydrogens is 295 g/mol. The standard InChI is InChI=1S/C10H10BrFN2O3/c11-7-1-6(2-8(12)3-7)4-13-10(17)14-5-9(15)16/h1-3H,4-5H2,(H,15,16)(H2,13,14,17). The molecule has 17 heavy (non-hydrogen) atoms. The number of carboxylic acids is 1. The summed E-state index contributed by atoms with van der Waals surface area (Å²) in [6.07, 6.45) is 0. The fourth-order valence-corrected chi connectivity index (χ4v) is 1.63. The van der Waals surface area contributed by atoms with Crippen molar-refractivity contribution in [3.8, 4) is 0 Å². The lowest BCUT2D eigenvalue weighted by molar-refractivity contribution is -0.135. The number of aliphatic carboxylic acids is 1. The van der Waals surface area contributed by atoms with Gasteiger partial charge in [0.25, 0.3) is 0 Å². The van der Waals surface area contributed by atoms with Crippen molar-refractivity contribution in [2.75, 3.05) is 6.54 Å². The first-order valence-corrected chi connectivity index (χ1v) is 5.45. The van der Waals surface area contributed by atoms with Crippen LogP contribution in [-0.2, 0) is 11.3 Å². The van der Waals surface area contributed by atoms with E-state index < -0.39 is 24.4 Å². The van der Waals surface area contributed by atoms with Crippen LogP contribution in [0.15, 0.2) is 22.7 Å². The highest BCUT2D eigenvalue weighted by Gasteiger charge is 2.04. The number of carbonyl (C=O) groups is 2. The van der Waals surface area contributed by atoms with Crippen LogP contribution in [0, 0.1) is 5.82 Å². The molecule has 1 aromatic carbocycles. The van der Waals surface area contributed by atoms with Crippen molar-refractivity contribution in [3.63, 3.8) is 0 Å². The van der Waals surface area contributed by atoms with Crippen molar-refractivity contribution >= 4 is 27.9 Å². The second-order valence-corrected chi connectivity index (χ2v) is 4.12. The summed E-state index contributed by atoms with van der Waals surface area (Å²) >= 11 is 3.12. The Labute approximate surface area is 105 Å². The van der Waals surface area contributed by atoms with E-state index in [-0.39, 0.29) is 6.54 Å². The van der Waals surface area contributed by atoms with Gasteiger partial charge in [-0.05, 0) is 23.8 Å². The molecule has 0 aliphatic heterocycles. The van der Waals surface area contributed by atoms with Gasteiger partial charge in [0.05, 0.1) is 0 Å². The van der Waals surface area contributed by atoms with E-state index in [1.165, 1.54) is 12.1 Å². The number of rotatable bonds is 4. The first-order chi connectivity index (χ1) is 7.97. The minimum absolute atomic E-state index is 0.113. The smallest absolute Gasteiger partial charge is 0.323 e. The average molecular weight is 305 g/mol. The van der Waals surface area contributed by atoms with Crippen LogP contribution in [0.5, 0.6) is 0 Å². The molecule has 0 heterocycles. The maximum Gasteiger partial charge on any atom is 0.323 e. The normalized spacial score (nSPS) is 9.76. The molecule has 0 aromatic heterocycles. The van der Waals surface area contributed by atoms with Gasteiger partial charge in [-0.2, -0.15) is 0 Å². The second-order valence-electron chi connectivity index (χ2n) is 3.21. The summed E-state index contributed by atoms with van der Waals surface area (Å²) in [7, 11) is 0. The number of carboxylic acid groups (broad SMARTS) is 1. The molecule has 0 saturated heterocycles. The molecule has 1 rings (SSSR count). The fraction of sp³-hybridized carbons (Fsp3) is 0.200. The lowest BCUT2D eigenvalue weighted by atomic mass is 10.2. The number of hydrogen-bond donors (Lipinski definition) is 3. The summed E-state index contributed by atoms with van der Waals surface area (Å²) in [5.41, 5.74) is 0.572. The third kappa shape index (κ3) is 5.30. The van der Waals surface area contributed by atoms with Crippen LogP contribution in [0.1, 0.15) is 5.56 Å². The molecule has 0 aliphatic carbocycles. The number of benzene rings is 1. The monoisotopic (exact) mass is 304 g/mol. The number of nitrogens with one attached hydrogen (secondary N) is 2. The van der Waals surface area contributed by atoms with Gasteiger partial charge in [-0.25, -0.2) is 9.18 Å². The van der Waals surface area contributed by atoms with Gasteiger partial charge in [0.15, 0.2) is 0 Å². The summed E-state index contributed by atoms with van der Waals surface area (Å²) in [6, 6.07) is 3.62. The van der Waals surface area contributed by atoms with E-state index >= 15 is 0 Å². The molecular formula is C10H10BrFN2O3. The summed E-state index contributed by atoms with van der Waals surface area (Å²) in [4.78, 5) is 21.3. The largest absolute Gasteiger partial charge is 0.480 e. The maximum atomic E-state index is 13.0. The van der Waals surface area contributed by atoms with Crippen LogP contribution in [0.3, 0.4) is 0 Å². The van der Waals surface area contributed by atoms with Gasteiger partial charge in [-0.15, -0.1) is 0 Å². The molecule has 0 spiro atoms. The van der Waals surface area contributed by atoms with Gasteiger partial charge in [-0.3, -0.25) is 4.79 Å². The maximum absolute atomic E-state index is 13.0. The summed E-state index contributed by atoms with van der Waals surface area (Å²) in [5, 5.41) is 12.9. The van der Waals surface area contributed by atoms with E-state index in [9.17, 15) is 14.0 Å². The van der Waals surface area contributed by atoms with Crippen molar-refractivity contribution in [1.29, 1.82) is 0 Å². The molecule has 7 heteroatoms. The lowest BCUT2D eigenvalue weighted by Crippen LogP contribution is -2.38. The van der Waals surface area contributed by atoms with Crippen molar-refractivity contribution in [3.05, 3.63) is 34.1 Å². The van der Waals surface area contributed by atoms with Crippen LogP contribution in [0.2, 0.25) is 0 Å². The minimum atomic E-state index is -1.13. The van der Waals surface area contributed by atoms with Crippen molar-refractivity contribution < 1.29 is 19.1 Å². The highest BCUT2D eigenvalue weighted by atomic mass is 79.9. The van der Waals surface area contributed by atoms with E-state index in [2.05, 4.69) is 26.6 Å². The van der Waals surface area contributed by atoms with Crippen LogP contribution >= 0.6 is 15.9 Å². The Kier molecular flexibility index (Phi) is 4.89. The molecule has 0 atom stereocenters. The van der Waals surface area contributed by atoms with Crippen LogP contribution in [0.25, 0.3) is 0 Å². The minimum Gasteiger partial charge on any atom is -0.480 e. The molecule has 0 aliphatic rings. The molecule has 1 aromatic rings. The van der Waals surface area contributed by atoms with E-state index in [0.29, 0.717) is 10.0 Å². The Balaban J connectivity index is 2.44. The SMILES string of the molecule is O=C(O)CNC(=O)NCc1cc(F)cc(Br)c1. The fourth-order valence-electron chi connectivity index (χ4n) is 1.11. The van der Waals surface area contributed by atoms with Gasteiger partial charge in [0.2, 0.25) is 0 Å². The van der Waals surface area contributed by atoms with E-state index in [0.717, 1.165) is 0 Å². The molecule has 2 amide bonds. The number of urea groups is 1. The molecule has 5 nitrogen and oxygen atoms in total. The predicted octanol–water partition coefficient (Wildman–Crippen LogP) is 1.47. The van der Waals surface area contributed by atoms with Crippen molar-refractivity contribution in [2.45, 2.75) is 6.54 Å². The average Bonchev–Trinajstić information content (AvgIpc) is 2.22. The van der Waals surface area contributed by atoms with Crippen LogP contribution in [0.4, 0.5) is 9.18 Å².